The second-order valence-electron chi connectivity index (χ2n) is 3.28. The summed E-state index contributed by atoms with van der Waals surface area (Å²) in [6, 6.07) is 4.30. The van der Waals surface area contributed by atoms with Gasteiger partial charge in [0.05, 0.1) is 11.9 Å². The van der Waals surface area contributed by atoms with Crippen molar-refractivity contribution in [1.82, 2.24) is 20.3 Å². The minimum absolute atomic E-state index is 0.294. The SMILES string of the molecule is CNCc1cn(-c2cc(Cl)ccc2F)nn1. The summed E-state index contributed by atoms with van der Waals surface area (Å²) in [5.74, 6) is -0.384. The van der Waals surface area contributed by atoms with Gasteiger partial charge < -0.3 is 5.32 Å². The average molecular weight is 241 g/mol. The van der Waals surface area contributed by atoms with E-state index in [2.05, 4.69) is 15.6 Å². The van der Waals surface area contributed by atoms with E-state index >= 15 is 0 Å². The van der Waals surface area contributed by atoms with E-state index in [1.165, 1.54) is 22.9 Å². The molecule has 0 aliphatic heterocycles. The first-order valence-corrected chi connectivity index (χ1v) is 5.10. The molecule has 0 atom stereocenters. The third kappa shape index (κ3) is 2.20. The Labute approximate surface area is 97.0 Å². The van der Waals surface area contributed by atoms with Gasteiger partial charge in [0.15, 0.2) is 0 Å². The molecule has 2 aromatic rings. The van der Waals surface area contributed by atoms with Crippen molar-refractivity contribution in [2.24, 2.45) is 0 Å². The molecule has 0 unspecified atom stereocenters. The molecule has 0 bridgehead atoms. The Morgan fingerprint density at radius 3 is 3.06 bits per heavy atom. The lowest BCUT2D eigenvalue weighted by atomic mass is 10.3. The highest BCUT2D eigenvalue weighted by atomic mass is 35.5. The minimum Gasteiger partial charge on any atom is -0.314 e. The Balaban J connectivity index is 2.38. The summed E-state index contributed by atoms with van der Waals surface area (Å²) >= 11 is 5.79. The molecule has 0 spiro atoms. The summed E-state index contributed by atoms with van der Waals surface area (Å²) in [5, 5.41) is 11.1. The van der Waals surface area contributed by atoms with Crippen LogP contribution in [-0.2, 0) is 6.54 Å². The average Bonchev–Trinajstić information content (AvgIpc) is 2.71. The lowest BCUT2D eigenvalue weighted by molar-refractivity contribution is 0.607. The van der Waals surface area contributed by atoms with Gasteiger partial charge in [0.2, 0.25) is 0 Å². The molecular weight excluding hydrogens is 231 g/mol. The Hall–Kier alpha value is -1.46. The van der Waals surface area contributed by atoms with Crippen LogP contribution in [-0.4, -0.2) is 22.0 Å². The number of benzene rings is 1. The summed E-state index contributed by atoms with van der Waals surface area (Å²) in [5.41, 5.74) is 1.03. The Bertz CT molecular complexity index is 497. The summed E-state index contributed by atoms with van der Waals surface area (Å²) < 4.78 is 14.9. The first-order chi connectivity index (χ1) is 7.70. The molecule has 0 radical (unpaired) electrons. The second-order valence-corrected chi connectivity index (χ2v) is 3.72. The van der Waals surface area contributed by atoms with Crippen molar-refractivity contribution in [3.05, 3.63) is 40.9 Å². The molecule has 0 aliphatic rings. The molecule has 1 N–H and O–H groups in total. The molecule has 2 rings (SSSR count). The standard InChI is InChI=1S/C10H10ClFN4/c1-13-5-8-6-16(15-14-8)10-4-7(11)2-3-9(10)12/h2-4,6,13H,5H2,1H3. The molecule has 1 aromatic carbocycles. The number of aromatic nitrogens is 3. The van der Waals surface area contributed by atoms with Gasteiger partial charge in [0.1, 0.15) is 11.5 Å². The van der Waals surface area contributed by atoms with Crippen molar-refractivity contribution in [2.75, 3.05) is 7.05 Å². The number of nitrogens with zero attached hydrogens (tertiary/aromatic N) is 3. The summed E-state index contributed by atoms with van der Waals surface area (Å²) in [4.78, 5) is 0. The largest absolute Gasteiger partial charge is 0.314 e. The molecule has 0 amide bonds. The molecule has 0 aliphatic carbocycles. The van der Waals surface area contributed by atoms with Gasteiger partial charge in [0, 0.05) is 11.6 Å². The van der Waals surface area contributed by atoms with Crippen LogP contribution in [0.25, 0.3) is 5.69 Å². The van der Waals surface area contributed by atoms with Crippen molar-refractivity contribution in [2.45, 2.75) is 6.54 Å². The quantitative estimate of drug-likeness (QED) is 0.889. The van der Waals surface area contributed by atoms with E-state index in [0.29, 0.717) is 17.3 Å². The van der Waals surface area contributed by atoms with Crippen LogP contribution in [0, 0.1) is 5.82 Å². The Morgan fingerprint density at radius 2 is 2.31 bits per heavy atom. The molecule has 16 heavy (non-hydrogen) atoms. The maximum absolute atomic E-state index is 13.5. The van der Waals surface area contributed by atoms with Crippen LogP contribution >= 0.6 is 11.6 Å². The van der Waals surface area contributed by atoms with Crippen molar-refractivity contribution < 1.29 is 4.39 Å². The lowest BCUT2D eigenvalue weighted by Crippen LogP contribution is -2.05. The van der Waals surface area contributed by atoms with Gasteiger partial charge in [-0.25, -0.2) is 9.07 Å². The highest BCUT2D eigenvalue weighted by Gasteiger charge is 2.07. The van der Waals surface area contributed by atoms with Crippen molar-refractivity contribution in [1.29, 1.82) is 0 Å². The van der Waals surface area contributed by atoms with Crippen LogP contribution in [0.15, 0.2) is 24.4 Å². The van der Waals surface area contributed by atoms with Crippen LogP contribution in [0.1, 0.15) is 5.69 Å². The summed E-state index contributed by atoms with van der Waals surface area (Å²) in [6.07, 6.45) is 1.66. The first kappa shape index (κ1) is 11.0. The summed E-state index contributed by atoms with van der Waals surface area (Å²) in [6.45, 7) is 0.586. The van der Waals surface area contributed by atoms with E-state index in [4.69, 9.17) is 11.6 Å². The van der Waals surface area contributed by atoms with E-state index in [9.17, 15) is 4.39 Å². The molecular formula is C10H10ClFN4. The molecule has 1 heterocycles. The van der Waals surface area contributed by atoms with Gasteiger partial charge >= 0.3 is 0 Å². The van der Waals surface area contributed by atoms with Gasteiger partial charge in [-0.3, -0.25) is 0 Å². The zero-order chi connectivity index (χ0) is 11.5. The fourth-order valence-electron chi connectivity index (χ4n) is 1.34. The van der Waals surface area contributed by atoms with Crippen LogP contribution in [0.5, 0.6) is 0 Å². The molecule has 0 saturated heterocycles. The molecule has 84 valence electrons. The molecule has 0 fully saturated rings. The number of nitrogens with one attached hydrogen (secondary N) is 1. The molecule has 1 aromatic heterocycles. The predicted molar refractivity (Wildman–Crippen MR) is 59.1 cm³/mol. The molecule has 0 saturated carbocycles. The highest BCUT2D eigenvalue weighted by Crippen LogP contribution is 2.18. The fraction of sp³-hybridized carbons (Fsp3) is 0.200. The van der Waals surface area contributed by atoms with Gasteiger partial charge in [-0.2, -0.15) is 0 Å². The lowest BCUT2D eigenvalue weighted by Gasteiger charge is -2.01. The van der Waals surface area contributed by atoms with E-state index in [1.807, 2.05) is 0 Å². The topological polar surface area (TPSA) is 42.7 Å². The Kier molecular flexibility index (Phi) is 3.17. The van der Waals surface area contributed by atoms with E-state index < -0.39 is 0 Å². The number of hydrogen-bond donors (Lipinski definition) is 1. The van der Waals surface area contributed by atoms with E-state index in [1.54, 1.807) is 13.2 Å². The maximum Gasteiger partial charge on any atom is 0.149 e. The third-order valence-corrected chi connectivity index (χ3v) is 2.29. The van der Waals surface area contributed by atoms with Crippen LogP contribution in [0.3, 0.4) is 0 Å². The minimum atomic E-state index is -0.384. The third-order valence-electron chi connectivity index (χ3n) is 2.05. The highest BCUT2D eigenvalue weighted by molar-refractivity contribution is 6.30. The molecule has 6 heteroatoms. The van der Waals surface area contributed by atoms with Gasteiger partial charge in [-0.1, -0.05) is 16.8 Å². The van der Waals surface area contributed by atoms with Gasteiger partial charge in [-0.05, 0) is 25.2 Å². The summed E-state index contributed by atoms with van der Waals surface area (Å²) in [7, 11) is 1.80. The Morgan fingerprint density at radius 1 is 1.50 bits per heavy atom. The predicted octanol–water partition coefficient (Wildman–Crippen LogP) is 1.78. The smallest absolute Gasteiger partial charge is 0.149 e. The van der Waals surface area contributed by atoms with Crippen LogP contribution < -0.4 is 5.32 Å². The first-order valence-electron chi connectivity index (χ1n) is 4.72. The van der Waals surface area contributed by atoms with Crippen LogP contribution in [0.4, 0.5) is 4.39 Å². The zero-order valence-corrected chi connectivity index (χ0v) is 9.37. The van der Waals surface area contributed by atoms with Crippen molar-refractivity contribution >= 4 is 11.6 Å². The number of hydrogen-bond acceptors (Lipinski definition) is 3. The van der Waals surface area contributed by atoms with Crippen LogP contribution in [0.2, 0.25) is 5.02 Å². The monoisotopic (exact) mass is 240 g/mol. The fourth-order valence-corrected chi connectivity index (χ4v) is 1.51. The van der Waals surface area contributed by atoms with Gasteiger partial charge in [0.25, 0.3) is 0 Å². The maximum atomic E-state index is 13.5. The number of halogens is 2. The molecule has 4 nitrogen and oxygen atoms in total. The number of rotatable bonds is 3. The zero-order valence-electron chi connectivity index (χ0n) is 8.61. The second kappa shape index (κ2) is 4.59. The van der Waals surface area contributed by atoms with Gasteiger partial charge in [-0.15, -0.1) is 5.10 Å². The van der Waals surface area contributed by atoms with Crippen molar-refractivity contribution in [3.63, 3.8) is 0 Å². The normalized spacial score (nSPS) is 10.7. The van der Waals surface area contributed by atoms with E-state index in [-0.39, 0.29) is 5.82 Å². The van der Waals surface area contributed by atoms with Crippen molar-refractivity contribution in [3.8, 4) is 5.69 Å². The van der Waals surface area contributed by atoms with E-state index in [0.717, 1.165) is 5.69 Å².